The fourth-order valence-electron chi connectivity index (χ4n) is 6.14. The highest BCUT2D eigenvalue weighted by Gasteiger charge is 2.34. The molecule has 0 aliphatic rings. The number of nitrogens with two attached hydrogens (primary N) is 4. The molecule has 0 saturated carbocycles. The molecule has 0 aliphatic carbocycles. The number of primary amides is 1. The van der Waals surface area contributed by atoms with Crippen molar-refractivity contribution in [1.29, 1.82) is 0 Å². The summed E-state index contributed by atoms with van der Waals surface area (Å²) in [6, 6.07) is -9.39. The second-order valence-corrected chi connectivity index (χ2v) is 17.8. The highest BCUT2D eigenvalue weighted by atomic mass is 32.2. The van der Waals surface area contributed by atoms with Crippen LogP contribution in [0, 0.1) is 5.92 Å². The number of carboxylic acids is 2. The normalized spacial score (nSPS) is 14.0. The first-order chi connectivity index (χ1) is 32.1. The van der Waals surface area contributed by atoms with Crippen LogP contribution in [0.25, 0.3) is 0 Å². The zero-order chi connectivity index (χ0) is 51.3. The Hall–Kier alpha value is -6.29. The van der Waals surface area contributed by atoms with Crippen LogP contribution in [0.2, 0.25) is 0 Å². The van der Waals surface area contributed by atoms with Crippen LogP contribution in [0.5, 0.6) is 0 Å². The molecular weight excluding hydrogens is 933 g/mol. The monoisotopic (exact) mass is 1000 g/mol. The second kappa shape index (κ2) is 32.4. The van der Waals surface area contributed by atoms with Gasteiger partial charge in [-0.15, -0.1) is 11.3 Å². The van der Waals surface area contributed by atoms with E-state index in [1.54, 1.807) is 32.4 Å². The van der Waals surface area contributed by atoms with Crippen LogP contribution in [-0.4, -0.2) is 154 Å². The van der Waals surface area contributed by atoms with Crippen molar-refractivity contribution in [2.75, 3.05) is 37.0 Å². The topological polar surface area (TPSA) is 437 Å². The van der Waals surface area contributed by atoms with Crippen molar-refractivity contribution in [2.24, 2.45) is 33.8 Å². The van der Waals surface area contributed by atoms with Gasteiger partial charge in [0, 0.05) is 24.5 Å². The maximum absolute atomic E-state index is 13.9. The van der Waals surface area contributed by atoms with E-state index in [9.17, 15) is 58.2 Å². The Kier molecular flexibility index (Phi) is 28.5. The van der Waals surface area contributed by atoms with E-state index in [0.717, 1.165) is 0 Å². The molecule has 0 spiro atoms. The van der Waals surface area contributed by atoms with Crippen molar-refractivity contribution in [1.82, 2.24) is 42.2 Å². The number of aromatic nitrogens is 1. The molecule has 1 rings (SSSR count). The summed E-state index contributed by atoms with van der Waals surface area (Å²) < 4.78 is 0. The molecule has 26 nitrogen and oxygen atoms in total. The molecule has 7 atom stereocenters. The molecule has 8 amide bonds. The van der Waals surface area contributed by atoms with Gasteiger partial charge in [0.25, 0.3) is 0 Å². The maximum Gasteiger partial charge on any atom is 0.326 e. The van der Waals surface area contributed by atoms with Gasteiger partial charge in [-0.05, 0) is 82.8 Å². The molecule has 382 valence electrons. The summed E-state index contributed by atoms with van der Waals surface area (Å²) in [4.78, 5) is 138. The first kappa shape index (κ1) is 59.7. The molecule has 18 N–H and O–H groups in total. The molecule has 1 aromatic rings. The maximum atomic E-state index is 13.9. The van der Waals surface area contributed by atoms with Crippen LogP contribution in [0.4, 0.5) is 5.13 Å². The quantitative estimate of drug-likeness (QED) is 0.0181. The number of unbranched alkanes of at least 4 members (excludes halogenated alkanes) is 1. The summed E-state index contributed by atoms with van der Waals surface area (Å²) in [7, 11) is 0. The van der Waals surface area contributed by atoms with Crippen LogP contribution < -0.4 is 65.5 Å². The molecular formula is C40H68N14O12S2. The lowest BCUT2D eigenvalue weighted by molar-refractivity contribution is -0.142. The SMILES string of the molecule is CSCC[C@H](NC(=O)[C@H](CC(=O)O)NC(=O)[C@H](CCCCN)NC(=O)[C@@H](C)Nc1nccs1)C(=O)N[C@@H](CCC(N)=O)C(=O)N[C@@H](CC(C)C)C(=O)NCC(=O)N[C@@H](CCCN=C(N)N)C(=O)O. The number of hydrogen-bond donors (Lipinski definition) is 14. The van der Waals surface area contributed by atoms with Gasteiger partial charge >= 0.3 is 11.9 Å². The molecule has 28 heteroatoms. The van der Waals surface area contributed by atoms with Gasteiger partial charge in [0.05, 0.1) is 13.0 Å². The molecule has 0 radical (unpaired) electrons. The number of thioether (sulfide) groups is 1. The summed E-state index contributed by atoms with van der Waals surface area (Å²) in [5, 5.41) is 41.5. The Bertz CT molecular complexity index is 1870. The third-order valence-electron chi connectivity index (χ3n) is 9.66. The van der Waals surface area contributed by atoms with Gasteiger partial charge < -0.3 is 75.7 Å². The van der Waals surface area contributed by atoms with Crippen LogP contribution in [0.1, 0.15) is 85.0 Å². The van der Waals surface area contributed by atoms with Crippen LogP contribution in [0.15, 0.2) is 16.6 Å². The van der Waals surface area contributed by atoms with Crippen molar-refractivity contribution in [3.63, 3.8) is 0 Å². The highest BCUT2D eigenvalue weighted by molar-refractivity contribution is 7.98. The lowest BCUT2D eigenvalue weighted by Crippen LogP contribution is -2.60. The molecule has 0 bridgehead atoms. The zero-order valence-corrected chi connectivity index (χ0v) is 40.3. The van der Waals surface area contributed by atoms with Gasteiger partial charge in [0.1, 0.15) is 42.3 Å². The number of nitrogens with zero attached hydrogens (tertiary/aromatic N) is 2. The first-order valence-corrected chi connectivity index (χ1v) is 24.1. The molecule has 68 heavy (non-hydrogen) atoms. The minimum absolute atomic E-state index is 0.0257. The van der Waals surface area contributed by atoms with Crippen molar-refractivity contribution in [3.8, 4) is 0 Å². The van der Waals surface area contributed by atoms with Gasteiger partial charge in [-0.2, -0.15) is 11.8 Å². The number of carboxylic acid groups (broad SMARTS) is 2. The van der Waals surface area contributed by atoms with E-state index in [4.69, 9.17) is 22.9 Å². The van der Waals surface area contributed by atoms with E-state index in [2.05, 4.69) is 52.5 Å². The lowest BCUT2D eigenvalue weighted by atomic mass is 10.0. The molecule has 0 aromatic carbocycles. The number of hydrogen-bond acceptors (Lipinski definition) is 16. The number of aliphatic imine (C=N–C) groups is 1. The molecule has 0 aliphatic heterocycles. The Morgan fingerprint density at radius 1 is 0.706 bits per heavy atom. The van der Waals surface area contributed by atoms with Crippen LogP contribution >= 0.6 is 23.1 Å². The van der Waals surface area contributed by atoms with Gasteiger partial charge in [-0.3, -0.25) is 48.1 Å². The highest BCUT2D eigenvalue weighted by Crippen LogP contribution is 2.13. The largest absolute Gasteiger partial charge is 0.481 e. The van der Waals surface area contributed by atoms with Crippen molar-refractivity contribution >= 4 is 93.4 Å². The number of thiazole rings is 1. The molecule has 0 fully saturated rings. The summed E-state index contributed by atoms with van der Waals surface area (Å²) >= 11 is 2.54. The number of carbonyl (C=O) groups is 10. The number of aliphatic carboxylic acids is 2. The van der Waals surface area contributed by atoms with Crippen LogP contribution in [0.3, 0.4) is 0 Å². The van der Waals surface area contributed by atoms with Crippen molar-refractivity contribution in [2.45, 2.75) is 127 Å². The average Bonchev–Trinajstić information content (AvgIpc) is 3.78. The summed E-state index contributed by atoms with van der Waals surface area (Å²) in [5.41, 5.74) is 21.6. The average molecular weight is 1000 g/mol. The number of amides is 8. The predicted molar refractivity (Wildman–Crippen MR) is 253 cm³/mol. The molecule has 0 saturated heterocycles. The van der Waals surface area contributed by atoms with E-state index < -0.39 is 121 Å². The summed E-state index contributed by atoms with van der Waals surface area (Å²) in [5.74, 6) is -9.90. The van der Waals surface area contributed by atoms with Gasteiger partial charge in [0.15, 0.2) is 11.1 Å². The minimum atomic E-state index is -1.75. The van der Waals surface area contributed by atoms with Gasteiger partial charge in [-0.25, -0.2) is 9.78 Å². The number of carbonyl (C=O) groups excluding carboxylic acids is 8. The zero-order valence-electron chi connectivity index (χ0n) is 38.7. The van der Waals surface area contributed by atoms with E-state index in [0.29, 0.717) is 18.0 Å². The number of nitrogens with one attached hydrogen (secondary N) is 8. The summed E-state index contributed by atoms with van der Waals surface area (Å²) in [6.45, 7) is 4.76. The van der Waals surface area contributed by atoms with Crippen LogP contribution in [-0.2, 0) is 47.9 Å². The van der Waals surface area contributed by atoms with Gasteiger partial charge in [-0.1, -0.05) is 13.8 Å². The molecule has 1 heterocycles. The Labute approximate surface area is 402 Å². The van der Waals surface area contributed by atoms with E-state index >= 15 is 0 Å². The van der Waals surface area contributed by atoms with Gasteiger partial charge in [0.2, 0.25) is 47.3 Å². The Morgan fingerprint density at radius 2 is 1.26 bits per heavy atom. The van der Waals surface area contributed by atoms with Crippen molar-refractivity contribution < 1.29 is 58.2 Å². The second-order valence-electron chi connectivity index (χ2n) is 15.9. The fourth-order valence-corrected chi connectivity index (χ4v) is 7.23. The number of guanidine groups is 1. The fraction of sp³-hybridized carbons (Fsp3) is 0.650. The predicted octanol–water partition coefficient (Wildman–Crippen LogP) is -3.22. The van der Waals surface area contributed by atoms with E-state index in [-0.39, 0.29) is 69.2 Å². The Balaban J connectivity index is 3.26. The Morgan fingerprint density at radius 3 is 1.79 bits per heavy atom. The third kappa shape index (κ3) is 25.0. The lowest BCUT2D eigenvalue weighted by Gasteiger charge is -2.27. The number of rotatable bonds is 35. The van der Waals surface area contributed by atoms with E-state index in [1.807, 2.05) is 0 Å². The molecule has 1 aromatic heterocycles. The smallest absolute Gasteiger partial charge is 0.326 e. The minimum Gasteiger partial charge on any atom is -0.481 e. The van der Waals surface area contributed by atoms with Crippen molar-refractivity contribution in [3.05, 3.63) is 11.6 Å². The first-order valence-electron chi connectivity index (χ1n) is 21.8. The van der Waals surface area contributed by atoms with E-state index in [1.165, 1.54) is 29.3 Å². The standard InChI is InChI=1S/C40H68N14O12S2/c1-21(2)18-27(33(60)47-20-30(56)49-26(38(65)66)9-7-14-45-39(43)44)53-35(62)24(10-11-29(42)55)51-36(63)25(12-16-67-4)52-37(64)28(19-31(57)58)54-34(61)23(8-5-6-13-41)50-32(59)22(3)48-40-46-15-17-68-40/h15,17,21-28H,5-14,16,18-20,41H2,1-4H3,(H2,42,55)(H,46,48)(H,47,60)(H,49,56)(H,50,59)(H,51,63)(H,52,64)(H,53,62)(H,54,61)(H,57,58)(H,65,66)(H4,43,44,45)/t22-,23+,24+,25+,26+,27+,28+/m1/s1. The third-order valence-corrected chi connectivity index (χ3v) is 11.0. The molecule has 0 unspecified atom stereocenters. The number of anilines is 1. The summed E-state index contributed by atoms with van der Waals surface area (Å²) in [6.07, 6.45) is 2.68.